The molecule has 7 heterocycles. The molecule has 0 aliphatic carbocycles. The standard InChI is InChI=1S/C26H31ClF3N7O3.C7H12FN/c1-14(15(2)26(28,29)30)20-8-18-17(13-40-20)23(33-25(32-18)39-4)35-6-5-7-37-19(12-35)21(27)22(34-37)24(38)36-10-16(11-36)9-31-3;8-6-4-7-2-1-3-9(7)5-6/h16,20,31H,1-2,5-13H2,3-4H3;6-7H,1-5H2. The van der Waals surface area contributed by atoms with Crippen LogP contribution in [0.2, 0.25) is 5.02 Å². The minimum Gasteiger partial charge on any atom is -0.467 e. The van der Waals surface area contributed by atoms with E-state index in [2.05, 4.69) is 38.4 Å². The average molecular weight is 711 g/mol. The van der Waals surface area contributed by atoms with Gasteiger partial charge < -0.3 is 24.6 Å². The number of amides is 1. The van der Waals surface area contributed by atoms with E-state index in [0.29, 0.717) is 85.4 Å². The third kappa shape index (κ3) is 7.45. The van der Waals surface area contributed by atoms with Crippen molar-refractivity contribution >= 4 is 23.3 Å². The number of methoxy groups -OCH3 is 1. The van der Waals surface area contributed by atoms with Gasteiger partial charge in [0.15, 0.2) is 5.69 Å². The number of halogens is 5. The van der Waals surface area contributed by atoms with E-state index in [0.717, 1.165) is 19.5 Å². The molecule has 3 atom stereocenters. The summed E-state index contributed by atoms with van der Waals surface area (Å²) in [5.74, 6) is 0.760. The highest BCUT2D eigenvalue weighted by molar-refractivity contribution is 6.34. The van der Waals surface area contributed by atoms with Gasteiger partial charge in [-0.1, -0.05) is 24.8 Å². The van der Waals surface area contributed by atoms with Gasteiger partial charge in [0.25, 0.3) is 5.91 Å². The van der Waals surface area contributed by atoms with Crippen LogP contribution in [-0.4, -0.2) is 113 Å². The largest absolute Gasteiger partial charge is 0.467 e. The Balaban J connectivity index is 0.000000396. The summed E-state index contributed by atoms with van der Waals surface area (Å²) in [6.07, 6.45) is -1.97. The van der Waals surface area contributed by atoms with Crippen LogP contribution in [0.4, 0.5) is 23.4 Å². The molecule has 7 rings (SSSR count). The highest BCUT2D eigenvalue weighted by Gasteiger charge is 2.39. The van der Waals surface area contributed by atoms with E-state index in [1.807, 2.05) is 11.9 Å². The SMILES string of the molecule is C=C(C(=C)C(F)(F)F)C1Cc2nc(OC)nc(N3CCCn4nc(C(=O)N5CC(CNC)C5)c(Cl)c4C3)c2CO1.FC1CC2CCCN2C1. The Morgan fingerprint density at radius 2 is 1.92 bits per heavy atom. The number of aryl methyl sites for hydroxylation is 1. The molecule has 0 radical (unpaired) electrons. The summed E-state index contributed by atoms with van der Waals surface area (Å²) in [6.45, 7) is 12.2. The Hall–Kier alpha value is -3.27. The Bertz CT molecular complexity index is 1570. The van der Waals surface area contributed by atoms with Crippen molar-refractivity contribution in [2.45, 2.75) is 76.3 Å². The fourth-order valence-corrected chi connectivity index (χ4v) is 7.59. The van der Waals surface area contributed by atoms with Gasteiger partial charge >= 0.3 is 12.2 Å². The van der Waals surface area contributed by atoms with Gasteiger partial charge in [-0.25, -0.2) is 4.39 Å². The van der Waals surface area contributed by atoms with E-state index in [1.165, 1.54) is 20.0 Å². The second-order valence-corrected chi connectivity index (χ2v) is 13.7. The Kier molecular flexibility index (Phi) is 10.5. The molecule has 1 amide bonds. The van der Waals surface area contributed by atoms with E-state index in [9.17, 15) is 22.4 Å². The molecule has 0 spiro atoms. The summed E-state index contributed by atoms with van der Waals surface area (Å²) in [5, 5.41) is 7.99. The highest BCUT2D eigenvalue weighted by atomic mass is 35.5. The number of likely N-dealkylation sites (tertiary alicyclic amines) is 1. The van der Waals surface area contributed by atoms with E-state index < -0.39 is 24.0 Å². The molecule has 268 valence electrons. The van der Waals surface area contributed by atoms with Crippen LogP contribution < -0.4 is 15.0 Å². The second-order valence-electron chi connectivity index (χ2n) is 13.3. The summed E-state index contributed by atoms with van der Waals surface area (Å²) in [4.78, 5) is 28.1. The zero-order valence-electron chi connectivity index (χ0n) is 27.9. The molecule has 0 aromatic carbocycles. The van der Waals surface area contributed by atoms with Crippen molar-refractivity contribution in [2.75, 3.05) is 58.3 Å². The van der Waals surface area contributed by atoms with Crippen LogP contribution in [0.15, 0.2) is 24.3 Å². The van der Waals surface area contributed by atoms with Crippen molar-refractivity contribution in [1.82, 2.24) is 34.9 Å². The molecule has 5 aliphatic heterocycles. The first-order valence-electron chi connectivity index (χ1n) is 16.7. The number of hydrogen-bond donors (Lipinski definition) is 1. The van der Waals surface area contributed by atoms with Gasteiger partial charge in [0, 0.05) is 63.2 Å². The highest BCUT2D eigenvalue weighted by Crippen LogP contribution is 2.38. The molecule has 3 saturated heterocycles. The lowest BCUT2D eigenvalue weighted by Gasteiger charge is -2.38. The normalized spacial score (nSPS) is 23.9. The van der Waals surface area contributed by atoms with Gasteiger partial charge in [-0.15, -0.1) is 0 Å². The minimum atomic E-state index is -4.60. The van der Waals surface area contributed by atoms with Crippen LogP contribution in [0.1, 0.15) is 53.1 Å². The molecule has 2 aromatic rings. The molecular weight excluding hydrogens is 668 g/mol. The third-order valence-electron chi connectivity index (χ3n) is 9.99. The molecule has 1 N–H and O–H groups in total. The molecular formula is C33H43ClF4N8O3. The molecule has 5 aliphatic rings. The van der Waals surface area contributed by atoms with Crippen molar-refractivity contribution in [2.24, 2.45) is 5.92 Å². The van der Waals surface area contributed by atoms with E-state index in [-0.39, 0.29) is 36.2 Å². The van der Waals surface area contributed by atoms with Crippen LogP contribution in [0, 0.1) is 5.92 Å². The molecule has 16 heteroatoms. The maximum atomic E-state index is 13.2. The first-order valence-corrected chi connectivity index (χ1v) is 17.1. The van der Waals surface area contributed by atoms with E-state index >= 15 is 0 Å². The molecule has 0 saturated carbocycles. The maximum absolute atomic E-state index is 13.2. The van der Waals surface area contributed by atoms with Crippen molar-refractivity contribution < 1.29 is 31.8 Å². The molecule has 49 heavy (non-hydrogen) atoms. The summed E-state index contributed by atoms with van der Waals surface area (Å²) in [5.41, 5.74) is 0.823. The summed E-state index contributed by atoms with van der Waals surface area (Å²) >= 11 is 6.75. The van der Waals surface area contributed by atoms with Gasteiger partial charge in [-0.3, -0.25) is 14.4 Å². The number of rotatable bonds is 7. The third-order valence-corrected chi connectivity index (χ3v) is 10.4. The van der Waals surface area contributed by atoms with Crippen LogP contribution >= 0.6 is 11.6 Å². The molecule has 3 fully saturated rings. The van der Waals surface area contributed by atoms with Crippen molar-refractivity contribution in [1.29, 1.82) is 0 Å². The van der Waals surface area contributed by atoms with Crippen LogP contribution in [0.25, 0.3) is 0 Å². The number of carbonyl (C=O) groups is 1. The fourth-order valence-electron chi connectivity index (χ4n) is 7.31. The number of carbonyl (C=O) groups excluding carboxylic acids is 1. The lowest BCUT2D eigenvalue weighted by Crippen LogP contribution is -2.53. The van der Waals surface area contributed by atoms with Gasteiger partial charge in [0.05, 0.1) is 48.3 Å². The molecule has 2 aromatic heterocycles. The van der Waals surface area contributed by atoms with Crippen molar-refractivity contribution in [3.8, 4) is 6.01 Å². The Morgan fingerprint density at radius 1 is 1.14 bits per heavy atom. The topological polar surface area (TPSA) is 101 Å². The fraction of sp³-hybridized carbons (Fsp3) is 0.636. The van der Waals surface area contributed by atoms with Crippen LogP contribution in [0.3, 0.4) is 0 Å². The van der Waals surface area contributed by atoms with Gasteiger partial charge in [0.2, 0.25) is 0 Å². The minimum absolute atomic E-state index is 0.0144. The average Bonchev–Trinajstić information content (AvgIpc) is 3.68. The maximum Gasteiger partial charge on any atom is 0.416 e. The monoisotopic (exact) mass is 710 g/mol. The van der Waals surface area contributed by atoms with Gasteiger partial charge in [-0.05, 0) is 44.8 Å². The predicted molar refractivity (Wildman–Crippen MR) is 176 cm³/mol. The number of hydrogen-bond acceptors (Lipinski definition) is 9. The van der Waals surface area contributed by atoms with E-state index in [4.69, 9.17) is 21.1 Å². The van der Waals surface area contributed by atoms with Crippen LogP contribution in [-0.2, 0) is 30.9 Å². The first kappa shape index (κ1) is 35.6. The Labute approximate surface area is 288 Å². The number of nitrogens with one attached hydrogen (secondary N) is 1. The Morgan fingerprint density at radius 3 is 2.61 bits per heavy atom. The lowest BCUT2D eigenvalue weighted by atomic mass is 9.95. The summed E-state index contributed by atoms with van der Waals surface area (Å²) in [7, 11) is 3.31. The van der Waals surface area contributed by atoms with Gasteiger partial charge in [-0.2, -0.15) is 28.2 Å². The van der Waals surface area contributed by atoms with E-state index in [1.54, 1.807) is 9.58 Å². The van der Waals surface area contributed by atoms with Crippen molar-refractivity contribution in [3.63, 3.8) is 0 Å². The number of nitrogens with zero attached hydrogens (tertiary/aromatic N) is 7. The zero-order chi connectivity index (χ0) is 35.0. The number of aromatic nitrogens is 4. The zero-order valence-corrected chi connectivity index (χ0v) is 28.6. The first-order chi connectivity index (χ1) is 23.4. The lowest BCUT2D eigenvalue weighted by molar-refractivity contribution is -0.0917. The number of ether oxygens (including phenoxy) is 2. The quantitative estimate of drug-likeness (QED) is 0.332. The molecule has 11 nitrogen and oxygen atoms in total. The molecule has 0 bridgehead atoms. The smallest absolute Gasteiger partial charge is 0.416 e. The van der Waals surface area contributed by atoms with Crippen LogP contribution in [0.5, 0.6) is 6.01 Å². The van der Waals surface area contributed by atoms with Gasteiger partial charge in [0.1, 0.15) is 12.0 Å². The summed E-state index contributed by atoms with van der Waals surface area (Å²) < 4.78 is 65.2. The van der Waals surface area contributed by atoms with Crippen molar-refractivity contribution in [3.05, 3.63) is 52.0 Å². The second kappa shape index (κ2) is 14.5. The number of anilines is 1. The number of fused-ring (bicyclic) bond motifs is 3. The predicted octanol–water partition coefficient (Wildman–Crippen LogP) is 4.35. The molecule has 3 unspecified atom stereocenters. The summed E-state index contributed by atoms with van der Waals surface area (Å²) in [6, 6.07) is 0.697. The number of alkyl halides is 4.